The summed E-state index contributed by atoms with van der Waals surface area (Å²) in [7, 11) is 0. The number of aliphatic hydroxyl groups excluding tert-OH is 1. The van der Waals surface area contributed by atoms with Gasteiger partial charge in [0.1, 0.15) is 11.6 Å². The number of hydrogen-bond acceptors (Lipinski definition) is 5. The summed E-state index contributed by atoms with van der Waals surface area (Å²) in [5.74, 6) is -0.148. The van der Waals surface area contributed by atoms with Gasteiger partial charge in [0.25, 0.3) is 0 Å². The molecular formula is C15H13ClF3N3O2. The minimum absolute atomic E-state index is 0.0113. The maximum atomic E-state index is 12.7. The largest absolute Gasteiger partial charge is 0.507 e. The molecule has 0 radical (unpaired) electrons. The van der Waals surface area contributed by atoms with E-state index >= 15 is 0 Å². The van der Waals surface area contributed by atoms with Crippen LogP contribution in [0.2, 0.25) is 5.02 Å². The Hall–Kier alpha value is -2.06. The zero-order valence-corrected chi connectivity index (χ0v) is 12.9. The van der Waals surface area contributed by atoms with Gasteiger partial charge in [-0.2, -0.15) is 13.2 Å². The second kappa shape index (κ2) is 6.10. The van der Waals surface area contributed by atoms with E-state index < -0.39 is 17.5 Å². The number of hydrogen-bond donors (Lipinski definition) is 3. The zero-order chi connectivity index (χ0) is 17.5. The van der Waals surface area contributed by atoms with Crippen LogP contribution in [-0.4, -0.2) is 32.6 Å². The summed E-state index contributed by atoms with van der Waals surface area (Å²) in [4.78, 5) is 0. The molecule has 1 saturated carbocycles. The van der Waals surface area contributed by atoms with E-state index in [4.69, 9.17) is 11.6 Å². The molecule has 2 aromatic rings. The number of anilines is 1. The van der Waals surface area contributed by atoms with Crippen molar-refractivity contribution < 1.29 is 23.4 Å². The SMILES string of the molecule is Oc1cc(C(F)(F)F)cc(Cl)c1-c1ccc(NC2CC(O)C2)nn1. The van der Waals surface area contributed by atoms with Crippen molar-refractivity contribution in [2.24, 2.45) is 0 Å². The Bertz CT molecular complexity index is 724. The molecule has 1 heterocycles. The molecule has 9 heteroatoms. The summed E-state index contributed by atoms with van der Waals surface area (Å²) in [6.45, 7) is 0. The highest BCUT2D eigenvalue weighted by Gasteiger charge is 2.32. The van der Waals surface area contributed by atoms with Crippen molar-refractivity contribution in [1.29, 1.82) is 0 Å². The van der Waals surface area contributed by atoms with Crippen LogP contribution in [0.25, 0.3) is 11.3 Å². The van der Waals surface area contributed by atoms with Crippen LogP contribution < -0.4 is 5.32 Å². The third kappa shape index (κ3) is 3.39. The molecule has 0 amide bonds. The molecule has 0 saturated heterocycles. The first-order chi connectivity index (χ1) is 11.2. The molecule has 1 aromatic heterocycles. The summed E-state index contributed by atoms with van der Waals surface area (Å²) in [5.41, 5.74) is -0.892. The molecule has 0 bridgehead atoms. The van der Waals surface area contributed by atoms with Gasteiger partial charge in [0, 0.05) is 6.04 Å². The van der Waals surface area contributed by atoms with Gasteiger partial charge in [0.15, 0.2) is 0 Å². The Balaban J connectivity index is 1.84. The van der Waals surface area contributed by atoms with Gasteiger partial charge in [-0.1, -0.05) is 11.6 Å². The van der Waals surface area contributed by atoms with Crippen molar-refractivity contribution in [2.45, 2.75) is 31.2 Å². The minimum Gasteiger partial charge on any atom is -0.507 e. The fourth-order valence-electron chi connectivity index (χ4n) is 2.47. The van der Waals surface area contributed by atoms with E-state index in [2.05, 4.69) is 15.5 Å². The fourth-order valence-corrected chi connectivity index (χ4v) is 2.78. The van der Waals surface area contributed by atoms with Crippen LogP contribution in [0.15, 0.2) is 24.3 Å². The molecular weight excluding hydrogens is 347 g/mol. The fraction of sp³-hybridized carbons (Fsp3) is 0.333. The Morgan fingerprint density at radius 3 is 2.38 bits per heavy atom. The van der Waals surface area contributed by atoms with Crippen LogP contribution in [0.1, 0.15) is 18.4 Å². The Morgan fingerprint density at radius 2 is 1.88 bits per heavy atom. The van der Waals surface area contributed by atoms with Crippen LogP contribution in [-0.2, 0) is 6.18 Å². The first kappa shape index (κ1) is 16.8. The highest BCUT2D eigenvalue weighted by molar-refractivity contribution is 6.33. The Kier molecular flexibility index (Phi) is 4.27. The zero-order valence-electron chi connectivity index (χ0n) is 12.2. The van der Waals surface area contributed by atoms with Crippen molar-refractivity contribution in [3.05, 3.63) is 34.9 Å². The van der Waals surface area contributed by atoms with Gasteiger partial charge in [-0.25, -0.2) is 0 Å². The maximum absolute atomic E-state index is 12.7. The number of halogens is 4. The van der Waals surface area contributed by atoms with Gasteiger partial charge in [-0.05, 0) is 37.1 Å². The smallest absolute Gasteiger partial charge is 0.416 e. The molecule has 1 aromatic carbocycles. The molecule has 0 atom stereocenters. The number of aromatic hydroxyl groups is 1. The second-order valence-corrected chi connectivity index (χ2v) is 6.03. The highest BCUT2D eigenvalue weighted by atomic mass is 35.5. The molecule has 24 heavy (non-hydrogen) atoms. The average molecular weight is 360 g/mol. The summed E-state index contributed by atoms with van der Waals surface area (Å²) in [6, 6.07) is 4.53. The quantitative estimate of drug-likeness (QED) is 0.782. The molecule has 3 N–H and O–H groups in total. The number of alkyl halides is 3. The van der Waals surface area contributed by atoms with E-state index in [1.807, 2.05) is 0 Å². The van der Waals surface area contributed by atoms with Crippen molar-refractivity contribution in [2.75, 3.05) is 5.32 Å². The van der Waals surface area contributed by atoms with Gasteiger partial charge in [-0.15, -0.1) is 10.2 Å². The van der Waals surface area contributed by atoms with Crippen molar-refractivity contribution in [3.63, 3.8) is 0 Å². The van der Waals surface area contributed by atoms with Gasteiger partial charge in [0.05, 0.1) is 27.9 Å². The van der Waals surface area contributed by atoms with Crippen LogP contribution >= 0.6 is 11.6 Å². The minimum atomic E-state index is -4.60. The average Bonchev–Trinajstić information content (AvgIpc) is 2.45. The second-order valence-electron chi connectivity index (χ2n) is 5.62. The van der Waals surface area contributed by atoms with Crippen LogP contribution in [0.3, 0.4) is 0 Å². The third-order valence-corrected chi connectivity index (χ3v) is 4.08. The highest BCUT2D eigenvalue weighted by Crippen LogP contribution is 2.40. The lowest BCUT2D eigenvalue weighted by Gasteiger charge is -2.32. The normalized spacial score (nSPS) is 20.5. The van der Waals surface area contributed by atoms with E-state index in [1.54, 1.807) is 6.07 Å². The number of phenols is 1. The number of benzene rings is 1. The van der Waals surface area contributed by atoms with Crippen molar-refractivity contribution >= 4 is 17.4 Å². The summed E-state index contributed by atoms with van der Waals surface area (Å²) in [5, 5.41) is 29.7. The number of nitrogens with zero attached hydrogens (tertiary/aromatic N) is 2. The van der Waals surface area contributed by atoms with Crippen LogP contribution in [0.4, 0.5) is 19.0 Å². The van der Waals surface area contributed by atoms with Gasteiger partial charge < -0.3 is 15.5 Å². The van der Waals surface area contributed by atoms with Crippen molar-refractivity contribution in [1.82, 2.24) is 10.2 Å². The maximum Gasteiger partial charge on any atom is 0.416 e. The lowest BCUT2D eigenvalue weighted by molar-refractivity contribution is -0.137. The third-order valence-electron chi connectivity index (χ3n) is 3.78. The molecule has 5 nitrogen and oxygen atoms in total. The molecule has 3 rings (SSSR count). The Labute approximate surface area is 140 Å². The summed E-state index contributed by atoms with van der Waals surface area (Å²) < 4.78 is 38.1. The first-order valence-corrected chi connectivity index (χ1v) is 7.50. The van der Waals surface area contributed by atoms with E-state index in [1.165, 1.54) is 6.07 Å². The number of aliphatic hydroxyl groups is 1. The van der Waals surface area contributed by atoms with Gasteiger partial charge in [-0.3, -0.25) is 0 Å². The number of aromatic nitrogens is 2. The monoisotopic (exact) mass is 359 g/mol. The number of phenolic OH excluding ortho intramolecular Hbond substituents is 1. The molecule has 1 aliphatic carbocycles. The molecule has 0 unspecified atom stereocenters. The summed E-state index contributed by atoms with van der Waals surface area (Å²) >= 11 is 5.88. The topological polar surface area (TPSA) is 78.3 Å². The molecule has 1 aliphatic rings. The Morgan fingerprint density at radius 1 is 1.17 bits per heavy atom. The van der Waals surface area contributed by atoms with E-state index in [0.29, 0.717) is 24.7 Å². The molecule has 0 spiro atoms. The lowest BCUT2D eigenvalue weighted by atomic mass is 9.89. The predicted molar refractivity (Wildman–Crippen MR) is 81.8 cm³/mol. The van der Waals surface area contributed by atoms with Gasteiger partial charge in [0.2, 0.25) is 0 Å². The lowest BCUT2D eigenvalue weighted by Crippen LogP contribution is -2.39. The number of nitrogens with one attached hydrogen (secondary N) is 1. The number of rotatable bonds is 3. The van der Waals surface area contributed by atoms with Crippen LogP contribution in [0, 0.1) is 0 Å². The van der Waals surface area contributed by atoms with E-state index in [9.17, 15) is 23.4 Å². The van der Waals surface area contributed by atoms with E-state index in [0.717, 1.165) is 6.07 Å². The van der Waals surface area contributed by atoms with E-state index in [-0.39, 0.29) is 28.4 Å². The molecule has 1 fully saturated rings. The summed E-state index contributed by atoms with van der Waals surface area (Å²) in [6.07, 6.45) is -3.67. The van der Waals surface area contributed by atoms with Gasteiger partial charge >= 0.3 is 6.18 Å². The predicted octanol–water partition coefficient (Wildman–Crippen LogP) is 3.46. The molecule has 128 valence electrons. The van der Waals surface area contributed by atoms with Crippen LogP contribution in [0.5, 0.6) is 5.75 Å². The van der Waals surface area contributed by atoms with Crippen molar-refractivity contribution in [3.8, 4) is 17.0 Å². The molecule has 0 aliphatic heterocycles. The first-order valence-electron chi connectivity index (χ1n) is 7.12. The standard InChI is InChI=1S/C15H13ClF3N3O2/c16-10-3-7(15(17,18)19)4-12(24)14(10)11-1-2-13(22-21-11)20-8-5-9(23)6-8/h1-4,8-9,23-24H,5-6H2,(H,20,22).